The predicted octanol–water partition coefficient (Wildman–Crippen LogP) is 2.82. The van der Waals surface area contributed by atoms with Crippen LogP contribution in [0.3, 0.4) is 0 Å². The monoisotopic (exact) mass is 428 g/mol. The fourth-order valence-corrected chi connectivity index (χ4v) is 3.74. The summed E-state index contributed by atoms with van der Waals surface area (Å²) in [4.78, 5) is 22.1. The van der Waals surface area contributed by atoms with Gasteiger partial charge in [0.05, 0.1) is 29.0 Å². The van der Waals surface area contributed by atoms with Crippen LogP contribution in [0.15, 0.2) is 66.2 Å². The van der Waals surface area contributed by atoms with E-state index in [0.29, 0.717) is 17.2 Å². The Balaban J connectivity index is 1.39. The maximum atomic E-state index is 12.7. The lowest BCUT2D eigenvalue weighted by Crippen LogP contribution is -2.26. The van der Waals surface area contributed by atoms with E-state index >= 15 is 0 Å². The molecule has 0 radical (unpaired) electrons. The van der Waals surface area contributed by atoms with Crippen LogP contribution in [-0.2, 0) is 6.54 Å². The molecule has 0 aliphatic carbocycles. The summed E-state index contributed by atoms with van der Waals surface area (Å²) in [5.74, 6) is 0.106. The lowest BCUT2D eigenvalue weighted by atomic mass is 10.1. The molecule has 4 aromatic heterocycles. The number of aromatic nitrogens is 6. The first-order valence-electron chi connectivity index (χ1n) is 9.40. The SMILES string of the molecule is Nc1ncc(-c2cccs2)nc1C(=O)NCc1nnc2ccc(-c3ccccc3)nn12. The number of carbonyl (C=O) groups is 1. The van der Waals surface area contributed by atoms with Crippen molar-refractivity contribution in [3.8, 4) is 21.8 Å². The zero-order valence-electron chi connectivity index (χ0n) is 16.1. The van der Waals surface area contributed by atoms with Gasteiger partial charge in [-0.05, 0) is 23.6 Å². The van der Waals surface area contributed by atoms with E-state index in [1.807, 2.05) is 60.0 Å². The molecule has 10 heteroatoms. The Bertz CT molecular complexity index is 1370. The number of benzene rings is 1. The third-order valence-corrected chi connectivity index (χ3v) is 5.49. The number of amides is 1. The molecule has 0 saturated carbocycles. The highest BCUT2D eigenvalue weighted by atomic mass is 32.1. The van der Waals surface area contributed by atoms with E-state index in [2.05, 4.69) is 30.6 Å². The number of fused-ring (bicyclic) bond motifs is 1. The molecule has 0 atom stereocenters. The fourth-order valence-electron chi connectivity index (χ4n) is 3.06. The van der Waals surface area contributed by atoms with Crippen LogP contribution in [0, 0.1) is 0 Å². The summed E-state index contributed by atoms with van der Waals surface area (Å²) in [6.07, 6.45) is 1.55. The van der Waals surface area contributed by atoms with Gasteiger partial charge in [0.15, 0.2) is 23.0 Å². The molecule has 1 aromatic carbocycles. The van der Waals surface area contributed by atoms with E-state index in [1.54, 1.807) is 10.7 Å². The Hall–Kier alpha value is -4.18. The normalized spacial score (nSPS) is 11.0. The van der Waals surface area contributed by atoms with Crippen molar-refractivity contribution in [3.05, 3.63) is 77.7 Å². The first-order chi connectivity index (χ1) is 15.2. The van der Waals surface area contributed by atoms with Crippen LogP contribution in [-0.4, -0.2) is 35.7 Å². The molecule has 4 heterocycles. The Kier molecular flexibility index (Phi) is 4.81. The Morgan fingerprint density at radius 3 is 2.71 bits per heavy atom. The largest absolute Gasteiger partial charge is 0.382 e. The maximum absolute atomic E-state index is 12.7. The topological polar surface area (TPSA) is 124 Å². The zero-order chi connectivity index (χ0) is 21.2. The number of anilines is 1. The number of nitrogens with two attached hydrogens (primary N) is 1. The Morgan fingerprint density at radius 1 is 1.03 bits per heavy atom. The maximum Gasteiger partial charge on any atom is 0.274 e. The first-order valence-corrected chi connectivity index (χ1v) is 10.3. The van der Waals surface area contributed by atoms with Gasteiger partial charge in [-0.15, -0.1) is 21.5 Å². The van der Waals surface area contributed by atoms with Crippen LogP contribution < -0.4 is 11.1 Å². The van der Waals surface area contributed by atoms with Gasteiger partial charge in [0.1, 0.15) is 0 Å². The minimum absolute atomic E-state index is 0.0633. The number of thiophene rings is 1. The smallest absolute Gasteiger partial charge is 0.274 e. The summed E-state index contributed by atoms with van der Waals surface area (Å²) in [5.41, 5.74) is 8.89. The van der Waals surface area contributed by atoms with Crippen LogP contribution in [0.1, 0.15) is 16.3 Å². The molecule has 0 saturated heterocycles. The molecule has 0 fully saturated rings. The lowest BCUT2D eigenvalue weighted by Gasteiger charge is -2.07. The lowest BCUT2D eigenvalue weighted by molar-refractivity contribution is 0.0945. The van der Waals surface area contributed by atoms with Crippen molar-refractivity contribution >= 4 is 28.7 Å². The third-order valence-electron chi connectivity index (χ3n) is 4.59. The Labute approximate surface area is 180 Å². The molecule has 5 aromatic rings. The van der Waals surface area contributed by atoms with Crippen molar-refractivity contribution in [2.24, 2.45) is 0 Å². The number of hydrogen-bond donors (Lipinski definition) is 2. The van der Waals surface area contributed by atoms with Gasteiger partial charge in [-0.2, -0.15) is 9.61 Å². The molecule has 3 N–H and O–H groups in total. The van der Waals surface area contributed by atoms with E-state index in [0.717, 1.165) is 16.1 Å². The second-order valence-electron chi connectivity index (χ2n) is 6.62. The van der Waals surface area contributed by atoms with Gasteiger partial charge in [0.25, 0.3) is 5.91 Å². The number of carbonyl (C=O) groups excluding carboxylic acids is 1. The van der Waals surface area contributed by atoms with Gasteiger partial charge in [0, 0.05) is 5.56 Å². The fraction of sp³-hybridized carbons (Fsp3) is 0.0476. The van der Waals surface area contributed by atoms with Crippen molar-refractivity contribution in [1.29, 1.82) is 0 Å². The third kappa shape index (κ3) is 3.71. The molecular formula is C21H16N8OS. The number of rotatable bonds is 5. The summed E-state index contributed by atoms with van der Waals surface area (Å²) in [7, 11) is 0. The van der Waals surface area contributed by atoms with Crippen molar-refractivity contribution in [3.63, 3.8) is 0 Å². The molecular weight excluding hydrogens is 412 g/mol. The number of nitrogens with zero attached hydrogens (tertiary/aromatic N) is 6. The predicted molar refractivity (Wildman–Crippen MR) is 117 cm³/mol. The van der Waals surface area contributed by atoms with Gasteiger partial charge >= 0.3 is 0 Å². The molecule has 152 valence electrons. The number of nitrogens with one attached hydrogen (secondary N) is 1. The molecule has 31 heavy (non-hydrogen) atoms. The molecule has 1 amide bonds. The number of nitrogen functional groups attached to an aromatic ring is 1. The van der Waals surface area contributed by atoms with E-state index in [4.69, 9.17) is 5.73 Å². The average Bonchev–Trinajstić information content (AvgIpc) is 3.48. The van der Waals surface area contributed by atoms with Crippen molar-refractivity contribution in [2.75, 3.05) is 5.73 Å². The minimum Gasteiger partial charge on any atom is -0.382 e. The molecule has 5 rings (SSSR count). The highest BCUT2D eigenvalue weighted by Crippen LogP contribution is 2.23. The van der Waals surface area contributed by atoms with Gasteiger partial charge in [-0.1, -0.05) is 36.4 Å². The zero-order valence-corrected chi connectivity index (χ0v) is 17.0. The van der Waals surface area contributed by atoms with E-state index < -0.39 is 5.91 Å². The summed E-state index contributed by atoms with van der Waals surface area (Å²) in [6, 6.07) is 17.3. The Morgan fingerprint density at radius 2 is 1.90 bits per heavy atom. The molecule has 0 aliphatic rings. The minimum atomic E-state index is -0.445. The van der Waals surface area contributed by atoms with Crippen LogP contribution in [0.4, 0.5) is 5.82 Å². The second-order valence-corrected chi connectivity index (χ2v) is 7.57. The highest BCUT2D eigenvalue weighted by molar-refractivity contribution is 7.13. The molecule has 0 spiro atoms. The number of hydrogen-bond acceptors (Lipinski definition) is 8. The molecule has 0 aliphatic heterocycles. The summed E-state index contributed by atoms with van der Waals surface area (Å²) < 4.78 is 1.61. The van der Waals surface area contributed by atoms with Gasteiger partial charge < -0.3 is 11.1 Å². The standard InChI is InChI=1S/C21H16N8OS/c22-20-19(25-15(11-23-20)16-7-4-10-31-16)21(30)24-12-18-27-26-17-9-8-14(28-29(17)18)13-5-2-1-3-6-13/h1-11H,12H2,(H2,22,23)(H,24,30). The van der Waals surface area contributed by atoms with Crippen molar-refractivity contribution in [1.82, 2.24) is 35.1 Å². The average molecular weight is 428 g/mol. The van der Waals surface area contributed by atoms with E-state index in [9.17, 15) is 4.79 Å². The van der Waals surface area contributed by atoms with Gasteiger partial charge in [-0.3, -0.25) is 4.79 Å². The van der Waals surface area contributed by atoms with Crippen LogP contribution >= 0.6 is 11.3 Å². The van der Waals surface area contributed by atoms with E-state index in [-0.39, 0.29) is 18.1 Å². The van der Waals surface area contributed by atoms with Crippen LogP contribution in [0.2, 0.25) is 0 Å². The quantitative estimate of drug-likeness (QED) is 0.441. The van der Waals surface area contributed by atoms with E-state index in [1.165, 1.54) is 11.3 Å². The summed E-state index contributed by atoms with van der Waals surface area (Å²) >= 11 is 1.51. The first kappa shape index (κ1) is 18.8. The van der Waals surface area contributed by atoms with Gasteiger partial charge in [0.2, 0.25) is 0 Å². The highest BCUT2D eigenvalue weighted by Gasteiger charge is 2.17. The molecule has 9 nitrogen and oxygen atoms in total. The van der Waals surface area contributed by atoms with Crippen LogP contribution in [0.5, 0.6) is 0 Å². The van der Waals surface area contributed by atoms with Crippen molar-refractivity contribution < 1.29 is 4.79 Å². The molecule has 0 unspecified atom stereocenters. The summed E-state index contributed by atoms with van der Waals surface area (Å²) in [5, 5.41) is 17.6. The summed E-state index contributed by atoms with van der Waals surface area (Å²) in [6.45, 7) is 0.107. The van der Waals surface area contributed by atoms with Gasteiger partial charge in [-0.25, -0.2) is 9.97 Å². The van der Waals surface area contributed by atoms with Crippen molar-refractivity contribution in [2.45, 2.75) is 6.54 Å². The second kappa shape index (κ2) is 7.92. The van der Waals surface area contributed by atoms with Crippen LogP contribution in [0.25, 0.3) is 27.5 Å². The molecule has 0 bridgehead atoms.